The Hall–Kier alpha value is -1.44. The molecule has 1 N–H and O–H groups in total. The van der Waals surface area contributed by atoms with E-state index in [1.54, 1.807) is 7.11 Å². The van der Waals surface area contributed by atoms with Gasteiger partial charge < -0.3 is 10.1 Å². The summed E-state index contributed by atoms with van der Waals surface area (Å²) in [7, 11) is 3.73. The minimum atomic E-state index is 0.936. The minimum Gasteiger partial charge on any atom is -0.497 e. The Kier molecular flexibility index (Phi) is 3.50. The first-order valence-electron chi connectivity index (χ1n) is 5.89. The van der Waals surface area contributed by atoms with Gasteiger partial charge in [0.05, 0.1) is 7.11 Å². The lowest BCUT2D eigenvalue weighted by Crippen LogP contribution is -2.12. The summed E-state index contributed by atoms with van der Waals surface area (Å²) in [6.07, 6.45) is 4.92. The second-order valence-corrected chi connectivity index (χ2v) is 4.15. The van der Waals surface area contributed by atoms with Crippen molar-refractivity contribution in [3.63, 3.8) is 0 Å². The highest BCUT2D eigenvalue weighted by molar-refractivity contribution is 5.70. The maximum atomic E-state index is 5.27. The number of methoxy groups -OCH3 is 1. The predicted molar refractivity (Wildman–Crippen MR) is 67.4 cm³/mol. The Morgan fingerprint density at radius 1 is 1.19 bits per heavy atom. The summed E-state index contributed by atoms with van der Waals surface area (Å²) in [6.45, 7) is 0. The van der Waals surface area contributed by atoms with Crippen LogP contribution in [0.25, 0.3) is 5.57 Å². The molecule has 2 heteroatoms. The van der Waals surface area contributed by atoms with Gasteiger partial charge in [-0.2, -0.15) is 0 Å². The molecule has 1 aliphatic carbocycles. The third-order valence-corrected chi connectivity index (χ3v) is 3.19. The monoisotopic (exact) mass is 217 g/mol. The molecular formula is C14H19NO. The minimum absolute atomic E-state index is 0.936. The molecule has 0 spiro atoms. The molecular weight excluding hydrogens is 198 g/mol. The van der Waals surface area contributed by atoms with E-state index in [-0.39, 0.29) is 0 Å². The first-order chi connectivity index (χ1) is 7.85. The normalized spacial score (nSPS) is 16.1. The molecule has 0 unspecified atom stereocenters. The first-order valence-corrected chi connectivity index (χ1v) is 5.89. The van der Waals surface area contributed by atoms with Gasteiger partial charge >= 0.3 is 0 Å². The van der Waals surface area contributed by atoms with E-state index in [1.165, 1.54) is 42.5 Å². The van der Waals surface area contributed by atoms with Crippen molar-refractivity contribution in [2.75, 3.05) is 14.2 Å². The van der Waals surface area contributed by atoms with Crippen molar-refractivity contribution in [3.8, 4) is 5.75 Å². The summed E-state index contributed by atoms with van der Waals surface area (Å²) in [5.41, 5.74) is 4.13. The Bertz CT molecular complexity index is 395. The van der Waals surface area contributed by atoms with E-state index in [1.807, 2.05) is 13.1 Å². The van der Waals surface area contributed by atoms with Crippen LogP contribution in [-0.2, 0) is 0 Å². The third-order valence-electron chi connectivity index (χ3n) is 3.19. The summed E-state index contributed by atoms with van der Waals surface area (Å²) >= 11 is 0. The molecule has 0 aliphatic heterocycles. The van der Waals surface area contributed by atoms with E-state index in [2.05, 4.69) is 23.5 Å². The van der Waals surface area contributed by atoms with Gasteiger partial charge in [-0.1, -0.05) is 12.1 Å². The molecule has 16 heavy (non-hydrogen) atoms. The SMILES string of the molecule is CNC1=C(c2cccc(OC)c2)CCCC1. The summed E-state index contributed by atoms with van der Waals surface area (Å²) in [5, 5.41) is 3.33. The highest BCUT2D eigenvalue weighted by atomic mass is 16.5. The molecule has 1 aromatic rings. The molecule has 1 aliphatic rings. The van der Waals surface area contributed by atoms with Crippen molar-refractivity contribution in [1.82, 2.24) is 5.32 Å². The van der Waals surface area contributed by atoms with Crippen molar-refractivity contribution in [3.05, 3.63) is 35.5 Å². The number of hydrogen-bond donors (Lipinski definition) is 1. The van der Waals surface area contributed by atoms with Gasteiger partial charge in [0.1, 0.15) is 5.75 Å². The van der Waals surface area contributed by atoms with Gasteiger partial charge in [-0.3, -0.25) is 0 Å². The zero-order valence-corrected chi connectivity index (χ0v) is 10.0. The maximum Gasteiger partial charge on any atom is 0.119 e. The van der Waals surface area contributed by atoms with Gasteiger partial charge in [0.15, 0.2) is 0 Å². The number of ether oxygens (including phenoxy) is 1. The third kappa shape index (κ3) is 2.21. The fourth-order valence-electron chi connectivity index (χ4n) is 2.31. The molecule has 0 fully saturated rings. The van der Waals surface area contributed by atoms with Gasteiger partial charge in [0, 0.05) is 12.7 Å². The van der Waals surface area contributed by atoms with Crippen molar-refractivity contribution in [1.29, 1.82) is 0 Å². The number of hydrogen-bond acceptors (Lipinski definition) is 2. The van der Waals surface area contributed by atoms with Gasteiger partial charge in [0.25, 0.3) is 0 Å². The molecule has 2 nitrogen and oxygen atoms in total. The van der Waals surface area contributed by atoms with Crippen molar-refractivity contribution in [2.24, 2.45) is 0 Å². The quantitative estimate of drug-likeness (QED) is 0.839. The largest absolute Gasteiger partial charge is 0.497 e. The molecule has 0 aromatic heterocycles. The van der Waals surface area contributed by atoms with Gasteiger partial charge in [-0.15, -0.1) is 0 Å². The second kappa shape index (κ2) is 5.06. The van der Waals surface area contributed by atoms with Crippen molar-refractivity contribution >= 4 is 5.57 Å². The van der Waals surface area contributed by atoms with Crippen LogP contribution < -0.4 is 10.1 Å². The lowest BCUT2D eigenvalue weighted by Gasteiger charge is -2.20. The lowest BCUT2D eigenvalue weighted by atomic mass is 9.91. The Balaban J connectivity index is 2.37. The van der Waals surface area contributed by atoms with Crippen LogP contribution in [0.3, 0.4) is 0 Å². The van der Waals surface area contributed by atoms with E-state index < -0.39 is 0 Å². The van der Waals surface area contributed by atoms with E-state index in [4.69, 9.17) is 4.74 Å². The Morgan fingerprint density at radius 2 is 2.00 bits per heavy atom. The molecule has 0 saturated heterocycles. The van der Waals surface area contributed by atoms with Crippen LogP contribution in [0.4, 0.5) is 0 Å². The van der Waals surface area contributed by atoms with Crippen LogP contribution >= 0.6 is 0 Å². The van der Waals surface area contributed by atoms with Crippen LogP contribution in [0.1, 0.15) is 31.2 Å². The smallest absolute Gasteiger partial charge is 0.119 e. The highest BCUT2D eigenvalue weighted by Gasteiger charge is 2.13. The van der Waals surface area contributed by atoms with Gasteiger partial charge in [-0.05, 0) is 49.0 Å². The predicted octanol–water partition coefficient (Wildman–Crippen LogP) is 3.20. The second-order valence-electron chi connectivity index (χ2n) is 4.15. The zero-order chi connectivity index (χ0) is 11.4. The van der Waals surface area contributed by atoms with E-state index in [0.29, 0.717) is 0 Å². The van der Waals surface area contributed by atoms with E-state index in [9.17, 15) is 0 Å². The van der Waals surface area contributed by atoms with E-state index in [0.717, 1.165) is 5.75 Å². The fraction of sp³-hybridized carbons (Fsp3) is 0.429. The first kappa shape index (κ1) is 11.1. The zero-order valence-electron chi connectivity index (χ0n) is 10.0. The number of nitrogens with one attached hydrogen (secondary N) is 1. The number of allylic oxidation sites excluding steroid dienone is 2. The molecule has 0 heterocycles. The summed E-state index contributed by atoms with van der Waals surface area (Å²) in [6, 6.07) is 8.34. The maximum absolute atomic E-state index is 5.27. The van der Waals surface area contributed by atoms with Crippen LogP contribution in [0.2, 0.25) is 0 Å². The average molecular weight is 217 g/mol. The van der Waals surface area contributed by atoms with Gasteiger partial charge in [-0.25, -0.2) is 0 Å². The van der Waals surface area contributed by atoms with Crippen LogP contribution in [0, 0.1) is 0 Å². The molecule has 1 aromatic carbocycles. The average Bonchev–Trinajstić information content (AvgIpc) is 2.38. The molecule has 86 valence electrons. The molecule has 0 amide bonds. The topological polar surface area (TPSA) is 21.3 Å². The highest BCUT2D eigenvalue weighted by Crippen LogP contribution is 2.32. The summed E-state index contributed by atoms with van der Waals surface area (Å²) in [4.78, 5) is 0. The van der Waals surface area contributed by atoms with Crippen LogP contribution in [0.15, 0.2) is 30.0 Å². The Labute approximate surface area is 97.3 Å². The summed E-state index contributed by atoms with van der Waals surface area (Å²) < 4.78 is 5.27. The lowest BCUT2D eigenvalue weighted by molar-refractivity contribution is 0.414. The Morgan fingerprint density at radius 3 is 2.75 bits per heavy atom. The number of rotatable bonds is 3. The molecule has 0 atom stereocenters. The molecule has 0 saturated carbocycles. The standard InChI is InChI=1S/C14H19NO/c1-15-14-9-4-3-8-13(14)11-6-5-7-12(10-11)16-2/h5-7,10,15H,3-4,8-9H2,1-2H3. The van der Waals surface area contributed by atoms with Crippen LogP contribution in [0.5, 0.6) is 5.75 Å². The fourth-order valence-corrected chi connectivity index (χ4v) is 2.31. The molecule has 0 bridgehead atoms. The van der Waals surface area contributed by atoms with Crippen molar-refractivity contribution in [2.45, 2.75) is 25.7 Å². The molecule has 2 rings (SSSR count). The van der Waals surface area contributed by atoms with Gasteiger partial charge in [0.2, 0.25) is 0 Å². The van der Waals surface area contributed by atoms with Crippen molar-refractivity contribution < 1.29 is 4.74 Å². The van der Waals surface area contributed by atoms with E-state index >= 15 is 0 Å². The van der Waals surface area contributed by atoms with Crippen LogP contribution in [-0.4, -0.2) is 14.2 Å². The number of benzene rings is 1. The molecule has 0 radical (unpaired) electrons. The summed E-state index contributed by atoms with van der Waals surface area (Å²) in [5.74, 6) is 0.936.